The molecule has 1 N–H and O–H groups in total. The number of aromatic nitrogens is 3. The second-order valence-electron chi connectivity index (χ2n) is 6.83. The van der Waals surface area contributed by atoms with Crippen LogP contribution in [0.4, 0.5) is 5.82 Å². The van der Waals surface area contributed by atoms with Crippen LogP contribution in [-0.2, 0) is 6.54 Å². The largest absolute Gasteiger partial charge is 0.354 e. The van der Waals surface area contributed by atoms with E-state index in [2.05, 4.69) is 57.2 Å². The molecule has 0 bridgehead atoms. The highest BCUT2D eigenvalue weighted by atomic mass is 15.3. The van der Waals surface area contributed by atoms with E-state index in [1.807, 2.05) is 18.2 Å². The van der Waals surface area contributed by atoms with Gasteiger partial charge in [-0.2, -0.15) is 0 Å². The first kappa shape index (κ1) is 15.3. The quantitative estimate of drug-likeness (QED) is 0.619. The van der Waals surface area contributed by atoms with Gasteiger partial charge in [0.1, 0.15) is 11.6 Å². The molecule has 130 valence electrons. The van der Waals surface area contributed by atoms with Crippen LogP contribution in [0.25, 0.3) is 21.9 Å². The van der Waals surface area contributed by atoms with Crippen molar-refractivity contribution < 1.29 is 0 Å². The molecule has 0 unspecified atom stereocenters. The van der Waals surface area contributed by atoms with Gasteiger partial charge in [0.05, 0.1) is 23.1 Å². The number of hydrogen-bond donors (Lipinski definition) is 1. The van der Waals surface area contributed by atoms with Gasteiger partial charge < -0.3 is 9.88 Å². The number of anilines is 1. The first-order chi connectivity index (χ1) is 12.8. The number of aromatic amines is 1. The summed E-state index contributed by atoms with van der Waals surface area (Å²) < 4.78 is 0. The second-order valence-corrected chi connectivity index (χ2v) is 6.83. The molecule has 4 aromatic rings. The van der Waals surface area contributed by atoms with Gasteiger partial charge >= 0.3 is 0 Å². The van der Waals surface area contributed by atoms with Crippen molar-refractivity contribution in [3.05, 3.63) is 66.5 Å². The first-order valence-corrected chi connectivity index (χ1v) is 9.12. The maximum Gasteiger partial charge on any atom is 0.129 e. The van der Waals surface area contributed by atoms with Gasteiger partial charge in [0.2, 0.25) is 0 Å². The minimum absolute atomic E-state index is 0.869. The van der Waals surface area contributed by atoms with E-state index >= 15 is 0 Å². The predicted molar refractivity (Wildman–Crippen MR) is 105 cm³/mol. The minimum Gasteiger partial charge on any atom is -0.354 e. The van der Waals surface area contributed by atoms with Crippen molar-refractivity contribution >= 4 is 27.8 Å². The van der Waals surface area contributed by atoms with E-state index in [0.29, 0.717) is 0 Å². The summed E-state index contributed by atoms with van der Waals surface area (Å²) in [5, 5.41) is 1.19. The molecule has 0 aliphatic carbocycles. The Hall–Kier alpha value is -2.92. The Labute approximate surface area is 152 Å². The fraction of sp³-hybridized carbons (Fsp3) is 0.238. The number of nitrogens with one attached hydrogen (secondary N) is 1. The predicted octanol–water partition coefficient (Wildman–Crippen LogP) is 3.43. The third-order valence-electron chi connectivity index (χ3n) is 5.09. The van der Waals surface area contributed by atoms with Gasteiger partial charge in [0.25, 0.3) is 0 Å². The van der Waals surface area contributed by atoms with Crippen LogP contribution in [0.3, 0.4) is 0 Å². The fourth-order valence-corrected chi connectivity index (χ4v) is 3.66. The molecule has 5 heteroatoms. The average molecular weight is 343 g/mol. The Balaban J connectivity index is 1.26. The molecule has 0 saturated carbocycles. The van der Waals surface area contributed by atoms with E-state index in [1.165, 1.54) is 5.39 Å². The van der Waals surface area contributed by atoms with Crippen molar-refractivity contribution in [3.8, 4) is 0 Å². The molecule has 1 aliphatic rings. The molecule has 2 aromatic carbocycles. The summed E-state index contributed by atoms with van der Waals surface area (Å²) >= 11 is 0. The van der Waals surface area contributed by atoms with Gasteiger partial charge in [-0.05, 0) is 30.3 Å². The van der Waals surface area contributed by atoms with E-state index in [-0.39, 0.29) is 0 Å². The Bertz CT molecular complexity index is 1010. The number of nitrogens with zero attached hydrogens (tertiary/aromatic N) is 4. The van der Waals surface area contributed by atoms with Crippen LogP contribution < -0.4 is 4.90 Å². The molecule has 0 atom stereocenters. The molecule has 1 saturated heterocycles. The molecule has 0 spiro atoms. The van der Waals surface area contributed by atoms with Crippen molar-refractivity contribution in [2.45, 2.75) is 6.54 Å². The molecule has 0 radical (unpaired) electrons. The Morgan fingerprint density at radius 3 is 2.38 bits per heavy atom. The average Bonchev–Trinajstić information content (AvgIpc) is 3.10. The molecule has 26 heavy (non-hydrogen) atoms. The maximum atomic E-state index is 4.83. The number of imidazole rings is 1. The zero-order valence-corrected chi connectivity index (χ0v) is 14.6. The molecule has 5 nitrogen and oxygen atoms in total. The summed E-state index contributed by atoms with van der Waals surface area (Å²) in [6.07, 6.45) is 0. The summed E-state index contributed by atoms with van der Waals surface area (Å²) in [7, 11) is 0. The first-order valence-electron chi connectivity index (χ1n) is 9.12. The van der Waals surface area contributed by atoms with Crippen molar-refractivity contribution in [1.82, 2.24) is 19.9 Å². The highest BCUT2D eigenvalue weighted by Crippen LogP contribution is 2.20. The number of piperazine rings is 1. The fourth-order valence-electron chi connectivity index (χ4n) is 3.66. The summed E-state index contributed by atoms with van der Waals surface area (Å²) in [5.74, 6) is 2.12. The van der Waals surface area contributed by atoms with Gasteiger partial charge in [0, 0.05) is 31.6 Å². The standard InChI is InChI=1S/C21H21N5/c1-2-6-17-16(5-1)9-10-21(24-17)26-13-11-25(12-14-26)15-20-22-18-7-3-4-8-19(18)23-20/h1-10H,11-15H2,(H,22,23). The van der Waals surface area contributed by atoms with Crippen LogP contribution in [0.5, 0.6) is 0 Å². The Kier molecular flexibility index (Phi) is 3.79. The van der Waals surface area contributed by atoms with Crippen molar-refractivity contribution in [3.63, 3.8) is 0 Å². The topological polar surface area (TPSA) is 48.1 Å². The number of fused-ring (bicyclic) bond motifs is 2. The highest BCUT2D eigenvalue weighted by Gasteiger charge is 2.19. The minimum atomic E-state index is 0.869. The molecule has 0 amide bonds. The van der Waals surface area contributed by atoms with Crippen LogP contribution in [0.1, 0.15) is 5.82 Å². The summed E-state index contributed by atoms with van der Waals surface area (Å²) in [6.45, 7) is 4.89. The lowest BCUT2D eigenvalue weighted by atomic mass is 10.2. The molecule has 3 heterocycles. The lowest BCUT2D eigenvalue weighted by molar-refractivity contribution is 0.244. The molecule has 5 rings (SSSR count). The van der Waals surface area contributed by atoms with Gasteiger partial charge in [-0.25, -0.2) is 9.97 Å². The van der Waals surface area contributed by atoms with Gasteiger partial charge in [0.15, 0.2) is 0 Å². The number of rotatable bonds is 3. The summed E-state index contributed by atoms with van der Waals surface area (Å²) in [4.78, 5) is 17.8. The summed E-state index contributed by atoms with van der Waals surface area (Å²) in [6, 6.07) is 20.8. The smallest absolute Gasteiger partial charge is 0.129 e. The van der Waals surface area contributed by atoms with E-state index in [1.54, 1.807) is 0 Å². The molecule has 1 aliphatic heterocycles. The third kappa shape index (κ3) is 2.91. The van der Waals surface area contributed by atoms with Crippen LogP contribution in [0.15, 0.2) is 60.7 Å². The van der Waals surface area contributed by atoms with Gasteiger partial charge in [-0.3, -0.25) is 4.90 Å². The number of benzene rings is 2. The van der Waals surface area contributed by atoms with E-state index < -0.39 is 0 Å². The number of para-hydroxylation sites is 3. The van der Waals surface area contributed by atoms with Crippen LogP contribution >= 0.6 is 0 Å². The molecule has 2 aromatic heterocycles. The number of hydrogen-bond acceptors (Lipinski definition) is 4. The zero-order valence-electron chi connectivity index (χ0n) is 14.6. The Morgan fingerprint density at radius 2 is 1.54 bits per heavy atom. The molecule has 1 fully saturated rings. The van der Waals surface area contributed by atoms with Crippen molar-refractivity contribution in [2.75, 3.05) is 31.1 Å². The lowest BCUT2D eigenvalue weighted by Gasteiger charge is -2.35. The van der Waals surface area contributed by atoms with Gasteiger partial charge in [-0.15, -0.1) is 0 Å². The zero-order chi connectivity index (χ0) is 17.3. The normalized spacial score (nSPS) is 15.8. The monoisotopic (exact) mass is 343 g/mol. The van der Waals surface area contributed by atoms with E-state index in [9.17, 15) is 0 Å². The van der Waals surface area contributed by atoms with E-state index in [4.69, 9.17) is 9.97 Å². The van der Waals surface area contributed by atoms with Crippen molar-refractivity contribution in [2.24, 2.45) is 0 Å². The third-order valence-corrected chi connectivity index (χ3v) is 5.09. The summed E-state index contributed by atoms with van der Waals surface area (Å²) in [5.41, 5.74) is 3.22. The van der Waals surface area contributed by atoms with E-state index in [0.717, 1.165) is 60.9 Å². The van der Waals surface area contributed by atoms with Crippen molar-refractivity contribution in [1.29, 1.82) is 0 Å². The molecular formula is C21H21N5. The SMILES string of the molecule is c1ccc2nc(N3CCN(Cc4nc5ccccc5[nH]4)CC3)ccc2c1. The maximum absolute atomic E-state index is 4.83. The lowest BCUT2D eigenvalue weighted by Crippen LogP contribution is -2.46. The molecular weight excluding hydrogens is 322 g/mol. The van der Waals surface area contributed by atoms with Crippen LogP contribution in [-0.4, -0.2) is 46.0 Å². The van der Waals surface area contributed by atoms with Crippen LogP contribution in [0, 0.1) is 0 Å². The number of H-pyrrole nitrogens is 1. The van der Waals surface area contributed by atoms with Crippen LogP contribution in [0.2, 0.25) is 0 Å². The highest BCUT2D eigenvalue weighted by molar-refractivity contribution is 5.80. The van der Waals surface area contributed by atoms with Gasteiger partial charge in [-0.1, -0.05) is 30.3 Å². The Morgan fingerprint density at radius 1 is 0.769 bits per heavy atom. The number of pyridine rings is 1. The second kappa shape index (κ2) is 6.42.